The summed E-state index contributed by atoms with van der Waals surface area (Å²) < 4.78 is 10.7. The minimum Gasteiger partial charge on any atom is -0.497 e. The highest BCUT2D eigenvalue weighted by molar-refractivity contribution is 6.01. The topological polar surface area (TPSA) is 76.6 Å². The lowest BCUT2D eigenvalue weighted by Crippen LogP contribution is -2.34. The average molecular weight is 382 g/mol. The molecule has 2 heterocycles. The molecular formula is C21H26N4O3. The molecule has 1 atom stereocenters. The number of benzene rings is 1. The van der Waals surface area contributed by atoms with Gasteiger partial charge in [0.15, 0.2) is 0 Å². The van der Waals surface area contributed by atoms with Crippen LogP contribution < -0.4 is 19.7 Å². The molecule has 0 radical (unpaired) electrons. The molecule has 1 unspecified atom stereocenters. The molecule has 28 heavy (non-hydrogen) atoms. The summed E-state index contributed by atoms with van der Waals surface area (Å²) in [7, 11) is 3.21. The molecule has 1 amide bonds. The van der Waals surface area contributed by atoms with E-state index in [4.69, 9.17) is 9.47 Å². The molecule has 4 rings (SSSR count). The molecule has 1 fully saturated rings. The first kappa shape index (κ1) is 18.5. The number of hydrogen-bond acceptors (Lipinski definition) is 6. The number of methoxy groups -OCH3 is 2. The largest absolute Gasteiger partial charge is 0.497 e. The number of anilines is 2. The number of hydrogen-bond donors (Lipinski definition) is 1. The fourth-order valence-corrected chi connectivity index (χ4v) is 4.02. The zero-order valence-corrected chi connectivity index (χ0v) is 16.6. The fourth-order valence-electron chi connectivity index (χ4n) is 4.02. The lowest BCUT2D eigenvalue weighted by Gasteiger charge is -2.22. The van der Waals surface area contributed by atoms with Crippen molar-refractivity contribution in [3.8, 4) is 11.5 Å². The monoisotopic (exact) mass is 382 g/mol. The van der Waals surface area contributed by atoms with E-state index >= 15 is 0 Å². The maximum absolute atomic E-state index is 13.1. The van der Waals surface area contributed by atoms with Crippen molar-refractivity contribution in [3.05, 3.63) is 35.3 Å². The van der Waals surface area contributed by atoms with E-state index in [2.05, 4.69) is 15.3 Å². The van der Waals surface area contributed by atoms with E-state index in [1.165, 1.54) is 5.56 Å². The van der Waals surface area contributed by atoms with Crippen LogP contribution in [0.15, 0.2) is 18.2 Å². The molecule has 148 valence electrons. The van der Waals surface area contributed by atoms with Gasteiger partial charge in [-0.05, 0) is 39.0 Å². The maximum atomic E-state index is 13.1. The highest BCUT2D eigenvalue weighted by Crippen LogP contribution is 2.32. The van der Waals surface area contributed by atoms with E-state index in [9.17, 15) is 4.79 Å². The first-order chi connectivity index (χ1) is 13.6. The van der Waals surface area contributed by atoms with Crippen LogP contribution in [0.2, 0.25) is 0 Å². The smallest absolute Gasteiger partial charge is 0.249 e. The van der Waals surface area contributed by atoms with E-state index in [1.54, 1.807) is 25.2 Å². The third-order valence-electron chi connectivity index (χ3n) is 5.46. The Morgan fingerprint density at radius 2 is 1.79 bits per heavy atom. The number of amides is 1. The first-order valence-corrected chi connectivity index (χ1v) is 9.76. The van der Waals surface area contributed by atoms with Gasteiger partial charge in [-0.25, -0.2) is 9.97 Å². The van der Waals surface area contributed by atoms with E-state index in [-0.39, 0.29) is 11.9 Å². The van der Waals surface area contributed by atoms with Crippen LogP contribution >= 0.6 is 0 Å². The number of nitrogens with one attached hydrogen (secondary N) is 1. The lowest BCUT2D eigenvalue weighted by molar-refractivity contribution is -0.117. The lowest BCUT2D eigenvalue weighted by atomic mass is 9.96. The van der Waals surface area contributed by atoms with Gasteiger partial charge in [0, 0.05) is 36.0 Å². The first-order valence-electron chi connectivity index (χ1n) is 9.76. The van der Waals surface area contributed by atoms with Gasteiger partial charge in [0.2, 0.25) is 5.91 Å². The summed E-state index contributed by atoms with van der Waals surface area (Å²) in [6.45, 7) is 2.55. The predicted octanol–water partition coefficient (Wildman–Crippen LogP) is 2.90. The molecule has 1 aliphatic carbocycles. The Morgan fingerprint density at radius 3 is 2.50 bits per heavy atom. The van der Waals surface area contributed by atoms with Gasteiger partial charge in [0.1, 0.15) is 29.2 Å². The average Bonchev–Trinajstić information content (AvgIpc) is 3.07. The number of carbonyl (C=O) groups excluding carboxylic acids is 1. The number of aryl methyl sites for hydroxylation is 2. The third kappa shape index (κ3) is 3.48. The SMILES string of the molecule is COc1cc(OC)cc(N2CCC(Nc3nc(C)nc4c3CCCC4)C2=O)c1. The van der Waals surface area contributed by atoms with Crippen LogP contribution in [0.25, 0.3) is 0 Å². The van der Waals surface area contributed by atoms with Crippen LogP contribution in [0.4, 0.5) is 11.5 Å². The van der Waals surface area contributed by atoms with Gasteiger partial charge in [0.25, 0.3) is 0 Å². The van der Waals surface area contributed by atoms with Gasteiger partial charge in [-0.2, -0.15) is 0 Å². The molecule has 0 spiro atoms. The van der Waals surface area contributed by atoms with Gasteiger partial charge >= 0.3 is 0 Å². The molecule has 0 bridgehead atoms. The summed E-state index contributed by atoms with van der Waals surface area (Å²) >= 11 is 0. The van der Waals surface area contributed by atoms with Crippen LogP contribution in [-0.4, -0.2) is 42.7 Å². The standard InChI is InChI=1S/C21H26N4O3/c1-13-22-18-7-5-4-6-17(18)20(23-13)24-19-8-9-25(21(19)26)14-10-15(27-2)12-16(11-14)28-3/h10-12,19H,4-9H2,1-3H3,(H,22,23,24). The fraction of sp³-hybridized carbons (Fsp3) is 0.476. The van der Waals surface area contributed by atoms with Crippen molar-refractivity contribution < 1.29 is 14.3 Å². The number of nitrogens with zero attached hydrogens (tertiary/aromatic N) is 3. The molecule has 1 saturated heterocycles. The molecule has 2 aliphatic rings. The van der Waals surface area contributed by atoms with Crippen LogP contribution in [-0.2, 0) is 17.6 Å². The van der Waals surface area contributed by atoms with Crippen molar-refractivity contribution in [1.29, 1.82) is 0 Å². The predicted molar refractivity (Wildman–Crippen MR) is 107 cm³/mol. The van der Waals surface area contributed by atoms with Crippen LogP contribution in [0.1, 0.15) is 36.3 Å². The van der Waals surface area contributed by atoms with Crippen molar-refractivity contribution >= 4 is 17.4 Å². The second-order valence-corrected chi connectivity index (χ2v) is 7.30. The number of aromatic nitrogens is 2. The van der Waals surface area contributed by atoms with Gasteiger partial charge in [-0.15, -0.1) is 0 Å². The Hall–Kier alpha value is -2.83. The highest BCUT2D eigenvalue weighted by atomic mass is 16.5. The van der Waals surface area contributed by atoms with Gasteiger partial charge < -0.3 is 19.7 Å². The summed E-state index contributed by atoms with van der Waals surface area (Å²) in [4.78, 5) is 24.1. The molecule has 1 aromatic carbocycles. The van der Waals surface area contributed by atoms with Crippen LogP contribution in [0, 0.1) is 6.92 Å². The van der Waals surface area contributed by atoms with Crippen molar-refractivity contribution in [2.24, 2.45) is 0 Å². The Kier molecular flexibility index (Phi) is 5.07. The number of ether oxygens (including phenoxy) is 2. The highest BCUT2D eigenvalue weighted by Gasteiger charge is 2.34. The third-order valence-corrected chi connectivity index (χ3v) is 5.46. The van der Waals surface area contributed by atoms with Crippen LogP contribution in [0.3, 0.4) is 0 Å². The summed E-state index contributed by atoms with van der Waals surface area (Å²) in [6, 6.07) is 5.23. The summed E-state index contributed by atoms with van der Waals surface area (Å²) in [5.41, 5.74) is 3.08. The Morgan fingerprint density at radius 1 is 1.07 bits per heavy atom. The van der Waals surface area contributed by atoms with Gasteiger partial charge in [-0.3, -0.25) is 4.79 Å². The molecular weight excluding hydrogens is 356 g/mol. The zero-order valence-electron chi connectivity index (χ0n) is 16.6. The molecule has 1 aliphatic heterocycles. The molecule has 2 aromatic rings. The maximum Gasteiger partial charge on any atom is 0.249 e. The summed E-state index contributed by atoms with van der Waals surface area (Å²) in [5.74, 6) is 2.95. The number of fused-ring (bicyclic) bond motifs is 1. The quantitative estimate of drug-likeness (QED) is 0.857. The normalized spacial score (nSPS) is 18.8. The minimum absolute atomic E-state index is 0.0381. The Bertz CT molecular complexity index is 877. The molecule has 1 N–H and O–H groups in total. The zero-order chi connectivity index (χ0) is 19.7. The van der Waals surface area contributed by atoms with E-state index < -0.39 is 0 Å². The second-order valence-electron chi connectivity index (χ2n) is 7.30. The second kappa shape index (κ2) is 7.66. The van der Waals surface area contributed by atoms with Crippen molar-refractivity contribution in [1.82, 2.24) is 9.97 Å². The molecule has 7 nitrogen and oxygen atoms in total. The molecule has 7 heteroatoms. The van der Waals surface area contributed by atoms with Gasteiger partial charge in [-0.1, -0.05) is 0 Å². The summed E-state index contributed by atoms with van der Waals surface area (Å²) in [5, 5.41) is 3.41. The van der Waals surface area contributed by atoms with Gasteiger partial charge in [0.05, 0.1) is 19.9 Å². The van der Waals surface area contributed by atoms with E-state index in [1.807, 2.05) is 19.1 Å². The van der Waals surface area contributed by atoms with E-state index in [0.717, 1.165) is 55.1 Å². The van der Waals surface area contributed by atoms with Crippen molar-refractivity contribution in [3.63, 3.8) is 0 Å². The van der Waals surface area contributed by atoms with Crippen LogP contribution in [0.5, 0.6) is 11.5 Å². The Balaban J connectivity index is 1.57. The molecule has 0 saturated carbocycles. The summed E-state index contributed by atoms with van der Waals surface area (Å²) in [6.07, 6.45) is 4.98. The molecule has 1 aromatic heterocycles. The number of rotatable bonds is 5. The van der Waals surface area contributed by atoms with Crippen molar-refractivity contribution in [2.75, 3.05) is 31.0 Å². The van der Waals surface area contributed by atoms with E-state index in [0.29, 0.717) is 18.0 Å². The van der Waals surface area contributed by atoms with Crippen molar-refractivity contribution in [2.45, 2.75) is 45.1 Å². The Labute approximate surface area is 165 Å². The number of carbonyl (C=O) groups is 1. The minimum atomic E-state index is -0.294.